The Labute approximate surface area is 412 Å². The monoisotopic (exact) mass is 927 g/mol. The third-order valence-electron chi connectivity index (χ3n) is 11.0. The first-order valence-electron chi connectivity index (χ1n) is 27.0. The number of carbonyl (C=O) groups excluding carboxylic acids is 3. The summed E-state index contributed by atoms with van der Waals surface area (Å²) in [5.41, 5.74) is 0. The third kappa shape index (κ3) is 52.6. The molecular formula is C61H98O6. The van der Waals surface area contributed by atoms with Gasteiger partial charge in [-0.25, -0.2) is 0 Å². The van der Waals surface area contributed by atoms with Crippen LogP contribution in [0.5, 0.6) is 0 Å². The maximum Gasteiger partial charge on any atom is 0.306 e. The number of rotatable bonds is 47. The molecule has 0 fully saturated rings. The van der Waals surface area contributed by atoms with Crippen LogP contribution in [-0.2, 0) is 28.6 Å². The largest absolute Gasteiger partial charge is 0.462 e. The van der Waals surface area contributed by atoms with Crippen molar-refractivity contribution >= 4 is 17.9 Å². The Balaban J connectivity index is 4.22. The highest BCUT2D eigenvalue weighted by atomic mass is 16.6. The lowest BCUT2D eigenvalue weighted by atomic mass is 10.1. The number of unbranched alkanes of at least 4 members (excludes halogenated alkanes) is 16. The fourth-order valence-corrected chi connectivity index (χ4v) is 6.96. The Morgan fingerprint density at radius 1 is 0.313 bits per heavy atom. The molecule has 0 aromatic rings. The fraction of sp³-hybridized carbons (Fsp3) is 0.623. The maximum atomic E-state index is 12.8. The summed E-state index contributed by atoms with van der Waals surface area (Å²) in [5.74, 6) is -0.942. The first-order chi connectivity index (χ1) is 33.0. The predicted octanol–water partition coefficient (Wildman–Crippen LogP) is 18.1. The molecule has 0 radical (unpaired) electrons. The highest BCUT2D eigenvalue weighted by Gasteiger charge is 2.19. The molecule has 0 aliphatic carbocycles. The van der Waals surface area contributed by atoms with Crippen LogP contribution >= 0.6 is 0 Å². The Hall–Kier alpha value is -4.19. The normalized spacial score (nSPS) is 13.1. The van der Waals surface area contributed by atoms with Gasteiger partial charge >= 0.3 is 17.9 Å². The van der Waals surface area contributed by atoms with Gasteiger partial charge in [-0.3, -0.25) is 14.4 Å². The second-order valence-electron chi connectivity index (χ2n) is 17.4. The van der Waals surface area contributed by atoms with Crippen LogP contribution < -0.4 is 0 Å². The van der Waals surface area contributed by atoms with Gasteiger partial charge in [-0.2, -0.15) is 0 Å². The zero-order chi connectivity index (χ0) is 48.6. The fourth-order valence-electron chi connectivity index (χ4n) is 6.96. The van der Waals surface area contributed by atoms with E-state index < -0.39 is 6.10 Å². The van der Waals surface area contributed by atoms with Gasteiger partial charge in [0.05, 0.1) is 0 Å². The zero-order valence-corrected chi connectivity index (χ0v) is 43.1. The molecule has 0 rings (SSSR count). The molecule has 0 aromatic carbocycles. The van der Waals surface area contributed by atoms with E-state index >= 15 is 0 Å². The summed E-state index contributed by atoms with van der Waals surface area (Å²) >= 11 is 0. The number of hydrogen-bond donors (Lipinski definition) is 0. The van der Waals surface area contributed by atoms with Gasteiger partial charge in [0.15, 0.2) is 6.10 Å². The van der Waals surface area contributed by atoms with Crippen LogP contribution in [0.1, 0.15) is 226 Å². The molecule has 0 spiro atoms. The van der Waals surface area contributed by atoms with Crippen molar-refractivity contribution in [1.82, 2.24) is 0 Å². The highest BCUT2D eigenvalue weighted by Crippen LogP contribution is 2.13. The average Bonchev–Trinajstić information content (AvgIpc) is 3.33. The van der Waals surface area contributed by atoms with Crippen LogP contribution in [-0.4, -0.2) is 37.2 Å². The SMILES string of the molecule is CC/C=C\C/C=C\C/C=C\C/C=C\C/C=C\C/C=C\CCCCCCCCC(=O)OCC(COC(=O)CCCCCCC)OC(=O)CCCCCCCC/C=C\C/C=C\C/C=C\C/C=C\CC. The van der Waals surface area contributed by atoms with E-state index in [0.29, 0.717) is 19.3 Å². The number of ether oxygens (including phenoxy) is 3. The topological polar surface area (TPSA) is 78.9 Å². The van der Waals surface area contributed by atoms with Crippen molar-refractivity contribution in [2.24, 2.45) is 0 Å². The molecular weight excluding hydrogens is 829 g/mol. The van der Waals surface area contributed by atoms with Gasteiger partial charge < -0.3 is 14.2 Å². The number of hydrogen-bond acceptors (Lipinski definition) is 6. The van der Waals surface area contributed by atoms with E-state index in [0.717, 1.165) is 161 Å². The number of allylic oxidation sites excluding steroid dienone is 20. The molecule has 0 aliphatic rings. The molecule has 0 aliphatic heterocycles. The van der Waals surface area contributed by atoms with Crippen LogP contribution in [0.2, 0.25) is 0 Å². The zero-order valence-electron chi connectivity index (χ0n) is 43.1. The van der Waals surface area contributed by atoms with Crippen LogP contribution in [0.4, 0.5) is 0 Å². The second-order valence-corrected chi connectivity index (χ2v) is 17.4. The summed E-state index contributed by atoms with van der Waals surface area (Å²) in [7, 11) is 0. The molecule has 1 unspecified atom stereocenters. The quantitative estimate of drug-likeness (QED) is 0.0262. The Morgan fingerprint density at radius 2 is 0.582 bits per heavy atom. The Kier molecular flexibility index (Phi) is 51.0. The van der Waals surface area contributed by atoms with Gasteiger partial charge in [-0.05, 0) is 109 Å². The van der Waals surface area contributed by atoms with Gasteiger partial charge in [-0.15, -0.1) is 0 Å². The van der Waals surface area contributed by atoms with Crippen molar-refractivity contribution in [2.75, 3.05) is 13.2 Å². The summed E-state index contributed by atoms with van der Waals surface area (Å²) in [5, 5.41) is 0. The summed E-state index contributed by atoms with van der Waals surface area (Å²) in [6, 6.07) is 0. The van der Waals surface area contributed by atoms with Crippen molar-refractivity contribution in [2.45, 2.75) is 232 Å². The average molecular weight is 927 g/mol. The van der Waals surface area contributed by atoms with Gasteiger partial charge in [0.25, 0.3) is 0 Å². The lowest BCUT2D eigenvalue weighted by Crippen LogP contribution is -2.30. The molecule has 1 atom stereocenters. The van der Waals surface area contributed by atoms with Crippen LogP contribution in [0.15, 0.2) is 122 Å². The number of esters is 3. The molecule has 0 heterocycles. The smallest absolute Gasteiger partial charge is 0.306 e. The van der Waals surface area contributed by atoms with Gasteiger partial charge in [0, 0.05) is 19.3 Å². The Morgan fingerprint density at radius 3 is 0.910 bits per heavy atom. The summed E-state index contributed by atoms with van der Waals surface area (Å²) in [4.78, 5) is 37.7. The molecule has 0 saturated carbocycles. The summed E-state index contributed by atoms with van der Waals surface area (Å²) in [6.45, 7) is 6.29. The summed E-state index contributed by atoms with van der Waals surface area (Å²) in [6.07, 6.45) is 75.1. The molecule has 0 bridgehead atoms. The minimum Gasteiger partial charge on any atom is -0.462 e. The lowest BCUT2D eigenvalue weighted by Gasteiger charge is -2.18. The molecule has 67 heavy (non-hydrogen) atoms. The molecule has 378 valence electrons. The van der Waals surface area contributed by atoms with E-state index in [-0.39, 0.29) is 31.1 Å². The van der Waals surface area contributed by atoms with Gasteiger partial charge in [0.2, 0.25) is 0 Å². The molecule has 0 N–H and O–H groups in total. The molecule has 6 heteroatoms. The maximum absolute atomic E-state index is 12.8. The van der Waals surface area contributed by atoms with Crippen LogP contribution in [0.25, 0.3) is 0 Å². The van der Waals surface area contributed by atoms with Gasteiger partial charge in [0.1, 0.15) is 13.2 Å². The van der Waals surface area contributed by atoms with E-state index in [1.165, 1.54) is 25.7 Å². The van der Waals surface area contributed by atoms with E-state index in [2.05, 4.69) is 142 Å². The molecule has 0 aromatic heterocycles. The van der Waals surface area contributed by atoms with Crippen molar-refractivity contribution in [3.05, 3.63) is 122 Å². The van der Waals surface area contributed by atoms with E-state index in [1.807, 2.05) is 0 Å². The molecule has 0 saturated heterocycles. The van der Waals surface area contributed by atoms with Crippen molar-refractivity contribution in [3.8, 4) is 0 Å². The predicted molar refractivity (Wildman–Crippen MR) is 288 cm³/mol. The molecule has 6 nitrogen and oxygen atoms in total. The molecule has 0 amide bonds. The highest BCUT2D eigenvalue weighted by molar-refractivity contribution is 5.71. The first-order valence-corrected chi connectivity index (χ1v) is 27.0. The van der Waals surface area contributed by atoms with Crippen molar-refractivity contribution in [3.63, 3.8) is 0 Å². The Bertz CT molecular complexity index is 1440. The summed E-state index contributed by atoms with van der Waals surface area (Å²) < 4.78 is 16.7. The standard InChI is InChI=1S/C61H98O6/c1-4-7-10-13-15-17-19-21-23-25-27-28-29-30-31-32-34-35-37-39-41-43-45-48-51-54-60(63)66-57-58(56-65-59(62)53-50-47-12-9-6-3)67-61(64)55-52-49-46-44-42-40-38-36-33-26-24-22-20-18-16-14-11-8-5-2/h7-8,10-11,15-18,21-24,27-28,30-31,33-36,58H,4-6,9,12-14,19-20,25-26,29,32,37-57H2,1-3H3/b10-7-,11-8-,17-15-,18-16-,23-21-,24-22-,28-27-,31-30-,35-34-,36-33-. The van der Waals surface area contributed by atoms with Crippen molar-refractivity contribution < 1.29 is 28.6 Å². The minimum absolute atomic E-state index is 0.0926. The first kappa shape index (κ1) is 62.8. The van der Waals surface area contributed by atoms with E-state index in [9.17, 15) is 14.4 Å². The number of carbonyl (C=O) groups is 3. The van der Waals surface area contributed by atoms with Crippen molar-refractivity contribution in [1.29, 1.82) is 0 Å². The lowest BCUT2D eigenvalue weighted by molar-refractivity contribution is -0.167. The second kappa shape index (κ2) is 54.4. The van der Waals surface area contributed by atoms with E-state index in [1.54, 1.807) is 0 Å². The van der Waals surface area contributed by atoms with Gasteiger partial charge in [-0.1, -0.05) is 219 Å². The van der Waals surface area contributed by atoms with Crippen LogP contribution in [0.3, 0.4) is 0 Å². The van der Waals surface area contributed by atoms with E-state index in [4.69, 9.17) is 14.2 Å². The van der Waals surface area contributed by atoms with Crippen LogP contribution in [0, 0.1) is 0 Å². The third-order valence-corrected chi connectivity index (χ3v) is 11.0. The minimum atomic E-state index is -0.792.